The fraction of sp³-hybridized carbons (Fsp3) is 0.647. The molecule has 0 heterocycles. The van der Waals surface area contributed by atoms with Gasteiger partial charge >= 0.3 is 0 Å². The zero-order valence-electron chi connectivity index (χ0n) is 12.9. The number of benzene rings is 1. The smallest absolute Gasteiger partial charge is 0.00801 e. The number of hydrogen-bond acceptors (Lipinski definition) is 1. The molecule has 18 heavy (non-hydrogen) atoms. The molecule has 0 saturated heterocycles. The van der Waals surface area contributed by atoms with E-state index in [0.29, 0.717) is 11.2 Å². The lowest BCUT2D eigenvalue weighted by atomic mass is 9.74. The molecular weight excluding hydrogens is 236 g/mol. The average Bonchev–Trinajstić information content (AvgIpc) is 2.28. The van der Waals surface area contributed by atoms with Gasteiger partial charge in [-0.15, -0.1) is 0 Å². The van der Waals surface area contributed by atoms with Crippen LogP contribution in [0.25, 0.3) is 0 Å². The molecule has 0 aliphatic carbocycles. The zero-order valence-corrected chi connectivity index (χ0v) is 13.8. The van der Waals surface area contributed by atoms with Crippen LogP contribution in [0.3, 0.4) is 0 Å². The zero-order chi connectivity index (χ0) is 14.1. The summed E-state index contributed by atoms with van der Waals surface area (Å²) in [7, 11) is 0. The van der Waals surface area contributed by atoms with E-state index in [9.17, 15) is 0 Å². The Hall–Kier alpha value is -0.430. The molecule has 0 aliphatic heterocycles. The Morgan fingerprint density at radius 2 is 1.11 bits per heavy atom. The summed E-state index contributed by atoms with van der Waals surface area (Å²) in [6.07, 6.45) is 0. The summed E-state index contributed by atoms with van der Waals surface area (Å²) >= 11 is 4.61. The number of hydrogen-bond donors (Lipinski definition) is 1. The molecule has 0 bridgehead atoms. The van der Waals surface area contributed by atoms with Gasteiger partial charge in [0, 0.05) is 10.7 Å². The van der Waals surface area contributed by atoms with Gasteiger partial charge in [-0.2, -0.15) is 12.6 Å². The monoisotopic (exact) mass is 264 g/mol. The summed E-state index contributed by atoms with van der Waals surface area (Å²) in [6, 6.07) is 9.11. The molecule has 102 valence electrons. The Labute approximate surface area is 119 Å². The van der Waals surface area contributed by atoms with Crippen LogP contribution in [0.4, 0.5) is 0 Å². The first-order chi connectivity index (χ1) is 8.10. The van der Waals surface area contributed by atoms with Gasteiger partial charge in [-0.25, -0.2) is 0 Å². The molecule has 0 amide bonds. The van der Waals surface area contributed by atoms with Crippen LogP contribution < -0.4 is 0 Å². The van der Waals surface area contributed by atoms with Gasteiger partial charge in [-0.1, -0.05) is 72.7 Å². The van der Waals surface area contributed by atoms with Crippen molar-refractivity contribution in [2.75, 3.05) is 0 Å². The highest BCUT2D eigenvalue weighted by Crippen LogP contribution is 2.34. The normalized spacial score (nSPS) is 14.9. The summed E-state index contributed by atoms with van der Waals surface area (Å²) in [5, 5.41) is 0.349. The Morgan fingerprint density at radius 1 is 0.778 bits per heavy atom. The highest BCUT2D eigenvalue weighted by atomic mass is 32.1. The lowest BCUT2D eigenvalue weighted by Gasteiger charge is -2.32. The first-order valence-electron chi connectivity index (χ1n) is 6.89. The quantitative estimate of drug-likeness (QED) is 0.709. The van der Waals surface area contributed by atoms with Crippen molar-refractivity contribution in [1.29, 1.82) is 0 Å². The maximum atomic E-state index is 4.61. The van der Waals surface area contributed by atoms with Gasteiger partial charge in [0.25, 0.3) is 0 Å². The fourth-order valence-electron chi connectivity index (χ4n) is 1.90. The van der Waals surface area contributed by atoms with Crippen LogP contribution in [0.5, 0.6) is 0 Å². The molecule has 0 N–H and O–H groups in total. The second-order valence-electron chi connectivity index (χ2n) is 6.85. The molecule has 1 heteroatoms. The predicted molar refractivity (Wildman–Crippen MR) is 85.8 cm³/mol. The van der Waals surface area contributed by atoms with Gasteiger partial charge in [0.15, 0.2) is 0 Å². The minimum absolute atomic E-state index is 0.115. The van der Waals surface area contributed by atoms with Crippen molar-refractivity contribution in [3.63, 3.8) is 0 Å². The maximum Gasteiger partial charge on any atom is 0.00801 e. The van der Waals surface area contributed by atoms with Gasteiger partial charge in [-0.3, -0.25) is 0 Å². The third-order valence-electron chi connectivity index (χ3n) is 4.86. The van der Waals surface area contributed by atoms with Crippen LogP contribution in [0.15, 0.2) is 24.3 Å². The van der Waals surface area contributed by atoms with Crippen molar-refractivity contribution in [3.8, 4) is 0 Å². The lowest BCUT2D eigenvalue weighted by Crippen LogP contribution is -2.28. The van der Waals surface area contributed by atoms with Crippen molar-refractivity contribution < 1.29 is 0 Å². The molecule has 0 saturated carbocycles. The summed E-state index contributed by atoms with van der Waals surface area (Å²) in [5.41, 5.74) is 3.14. The molecule has 1 unspecified atom stereocenters. The van der Waals surface area contributed by atoms with E-state index in [4.69, 9.17) is 0 Å². The van der Waals surface area contributed by atoms with E-state index in [1.165, 1.54) is 11.1 Å². The Balaban J connectivity index is 3.08. The van der Waals surface area contributed by atoms with Crippen LogP contribution in [0, 0.1) is 5.92 Å². The average molecular weight is 264 g/mol. The van der Waals surface area contributed by atoms with E-state index in [0.717, 1.165) is 0 Å². The van der Waals surface area contributed by atoms with E-state index in [2.05, 4.69) is 85.4 Å². The minimum atomic E-state index is 0.115. The van der Waals surface area contributed by atoms with Crippen LogP contribution in [-0.2, 0) is 10.8 Å². The van der Waals surface area contributed by atoms with E-state index < -0.39 is 0 Å². The summed E-state index contributed by atoms with van der Waals surface area (Å²) in [6.45, 7) is 15.9. The number of rotatable bonds is 4. The van der Waals surface area contributed by atoms with Gasteiger partial charge in [0.05, 0.1) is 0 Å². The molecule has 0 fully saturated rings. The summed E-state index contributed by atoms with van der Waals surface area (Å²) in [4.78, 5) is 0. The van der Waals surface area contributed by atoms with Crippen molar-refractivity contribution in [1.82, 2.24) is 0 Å². The molecule has 1 rings (SSSR count). The standard InChI is InChI=1S/C17H28S/c1-12(2)16(4,5)14-8-10-15(11-9-14)17(6,7)13(3)18/h8-13,18H,1-7H3. The van der Waals surface area contributed by atoms with E-state index in [1.54, 1.807) is 0 Å². The van der Waals surface area contributed by atoms with Crippen LogP contribution in [-0.4, -0.2) is 5.25 Å². The van der Waals surface area contributed by atoms with Crippen LogP contribution >= 0.6 is 12.6 Å². The Morgan fingerprint density at radius 3 is 1.39 bits per heavy atom. The molecule has 1 atom stereocenters. The minimum Gasteiger partial charge on any atom is -0.175 e. The highest BCUT2D eigenvalue weighted by Gasteiger charge is 2.28. The molecule has 0 aliphatic rings. The molecule has 0 spiro atoms. The van der Waals surface area contributed by atoms with E-state index in [-0.39, 0.29) is 10.8 Å². The van der Waals surface area contributed by atoms with Gasteiger partial charge < -0.3 is 0 Å². The van der Waals surface area contributed by atoms with Crippen LogP contribution in [0.1, 0.15) is 59.6 Å². The molecule has 1 aromatic carbocycles. The van der Waals surface area contributed by atoms with Crippen LogP contribution in [0.2, 0.25) is 0 Å². The highest BCUT2D eigenvalue weighted by molar-refractivity contribution is 7.81. The first kappa shape index (κ1) is 15.6. The van der Waals surface area contributed by atoms with E-state index >= 15 is 0 Å². The first-order valence-corrected chi connectivity index (χ1v) is 7.41. The van der Waals surface area contributed by atoms with Gasteiger partial charge in [0.1, 0.15) is 0 Å². The topological polar surface area (TPSA) is 0 Å². The third-order valence-corrected chi connectivity index (χ3v) is 5.51. The molecule has 0 nitrogen and oxygen atoms in total. The SMILES string of the molecule is CC(C)C(C)(C)c1ccc(C(C)(C)C(C)S)cc1. The van der Waals surface area contributed by atoms with Crippen molar-refractivity contribution in [2.45, 2.75) is 64.5 Å². The Kier molecular flexibility index (Phi) is 4.59. The van der Waals surface area contributed by atoms with Crippen molar-refractivity contribution in [2.24, 2.45) is 5.92 Å². The van der Waals surface area contributed by atoms with Gasteiger partial charge in [-0.05, 0) is 22.5 Å². The summed E-state index contributed by atoms with van der Waals surface area (Å²) < 4.78 is 0. The van der Waals surface area contributed by atoms with E-state index in [1.807, 2.05) is 0 Å². The second-order valence-corrected chi connectivity index (χ2v) is 7.63. The van der Waals surface area contributed by atoms with Gasteiger partial charge in [0.2, 0.25) is 0 Å². The Bertz CT molecular complexity index is 344. The van der Waals surface area contributed by atoms with Crippen molar-refractivity contribution in [3.05, 3.63) is 35.4 Å². The fourth-order valence-corrected chi connectivity index (χ4v) is 2.05. The molecular formula is C17H28S. The molecule has 1 aromatic rings. The second kappa shape index (κ2) is 5.28. The third kappa shape index (κ3) is 2.93. The largest absolute Gasteiger partial charge is 0.175 e. The van der Waals surface area contributed by atoms with Crippen molar-refractivity contribution >= 4 is 12.6 Å². The maximum absolute atomic E-state index is 4.61. The summed E-state index contributed by atoms with van der Waals surface area (Å²) in [5.74, 6) is 0.639. The number of thiol groups is 1. The lowest BCUT2D eigenvalue weighted by molar-refractivity contribution is 0.372. The predicted octanol–water partition coefficient (Wildman–Crippen LogP) is 5.22. The molecule has 0 radical (unpaired) electrons. The molecule has 0 aromatic heterocycles.